The molecule has 0 spiro atoms. The molecule has 5 rings (SSSR count). The first-order valence-electron chi connectivity index (χ1n) is 10.4. The van der Waals surface area contributed by atoms with Crippen molar-refractivity contribution in [2.24, 2.45) is 11.8 Å². The number of aromatic nitrogens is 5. The van der Waals surface area contributed by atoms with Gasteiger partial charge < -0.3 is 14.9 Å². The number of aliphatic hydroxyl groups excluding tert-OH is 1. The van der Waals surface area contributed by atoms with Crippen LogP contribution in [0.2, 0.25) is 0 Å². The first-order chi connectivity index (χ1) is 13.6. The molecule has 4 atom stereocenters. The number of fused-ring (bicyclic) bond motifs is 2. The van der Waals surface area contributed by atoms with Gasteiger partial charge in [-0.15, -0.1) is 0 Å². The van der Waals surface area contributed by atoms with E-state index < -0.39 is 0 Å². The van der Waals surface area contributed by atoms with E-state index in [-0.39, 0.29) is 12.1 Å². The zero-order chi connectivity index (χ0) is 19.3. The summed E-state index contributed by atoms with van der Waals surface area (Å²) in [5.74, 6) is 3.00. The van der Waals surface area contributed by atoms with Crippen molar-refractivity contribution in [1.29, 1.82) is 0 Å². The minimum Gasteiger partial charge on any atom is -0.391 e. The van der Waals surface area contributed by atoms with Crippen LogP contribution in [-0.4, -0.2) is 63.1 Å². The van der Waals surface area contributed by atoms with E-state index in [1.54, 1.807) is 12.7 Å². The van der Waals surface area contributed by atoms with Crippen LogP contribution in [0.4, 0.5) is 11.8 Å². The first-order valence-corrected chi connectivity index (χ1v) is 10.4. The van der Waals surface area contributed by atoms with Crippen molar-refractivity contribution >= 4 is 11.8 Å². The van der Waals surface area contributed by atoms with Crippen molar-refractivity contribution in [2.45, 2.75) is 50.7 Å². The maximum atomic E-state index is 10.7. The summed E-state index contributed by atoms with van der Waals surface area (Å²) in [5.41, 5.74) is 2.58. The summed E-state index contributed by atoms with van der Waals surface area (Å²) in [5, 5.41) is 15.0. The standard InChI is InChI=1S/C20H29N7O/c1-25(2)20-23-16-6-4-3-5-15(16)19(24-20)26-9-13-7-17(27-12-21-11-22-27)18(28)8-14(13)10-26/h11-14,17-18,28H,3-10H2,1-2H3/t13-,14+,17-,18-/m1/s1. The highest BCUT2D eigenvalue weighted by Crippen LogP contribution is 2.43. The number of aliphatic hydroxyl groups is 1. The molecule has 28 heavy (non-hydrogen) atoms. The lowest BCUT2D eigenvalue weighted by Gasteiger charge is -2.34. The average molecular weight is 384 g/mol. The molecule has 1 N–H and O–H groups in total. The number of nitrogens with zero attached hydrogens (tertiary/aromatic N) is 7. The third-order valence-corrected chi connectivity index (χ3v) is 6.73. The number of anilines is 2. The van der Waals surface area contributed by atoms with Crippen LogP contribution in [0.25, 0.3) is 0 Å². The molecule has 0 bridgehead atoms. The third-order valence-electron chi connectivity index (χ3n) is 6.73. The van der Waals surface area contributed by atoms with Crippen LogP contribution in [0.3, 0.4) is 0 Å². The largest absolute Gasteiger partial charge is 0.391 e. The fourth-order valence-corrected chi connectivity index (χ4v) is 5.28. The maximum absolute atomic E-state index is 10.7. The van der Waals surface area contributed by atoms with Crippen molar-refractivity contribution in [1.82, 2.24) is 24.7 Å². The van der Waals surface area contributed by atoms with E-state index in [2.05, 4.69) is 15.0 Å². The summed E-state index contributed by atoms with van der Waals surface area (Å²) in [4.78, 5) is 18.3. The second-order valence-electron chi connectivity index (χ2n) is 8.78. The van der Waals surface area contributed by atoms with E-state index in [0.29, 0.717) is 11.8 Å². The topological polar surface area (TPSA) is 83.2 Å². The van der Waals surface area contributed by atoms with Crippen LogP contribution in [0.5, 0.6) is 0 Å². The minimum atomic E-state index is -0.362. The predicted molar refractivity (Wildman–Crippen MR) is 106 cm³/mol. The van der Waals surface area contributed by atoms with E-state index in [9.17, 15) is 5.11 Å². The molecule has 150 valence electrons. The van der Waals surface area contributed by atoms with Crippen molar-refractivity contribution < 1.29 is 5.11 Å². The van der Waals surface area contributed by atoms with Gasteiger partial charge in [0.15, 0.2) is 0 Å². The Morgan fingerprint density at radius 1 is 1.07 bits per heavy atom. The molecule has 2 aromatic heterocycles. The van der Waals surface area contributed by atoms with Gasteiger partial charge in [-0.2, -0.15) is 10.1 Å². The number of hydrogen-bond acceptors (Lipinski definition) is 7. The summed E-state index contributed by atoms with van der Waals surface area (Å²) >= 11 is 0. The summed E-state index contributed by atoms with van der Waals surface area (Å²) in [6.07, 6.45) is 9.25. The Morgan fingerprint density at radius 3 is 2.61 bits per heavy atom. The Morgan fingerprint density at radius 2 is 1.86 bits per heavy atom. The van der Waals surface area contributed by atoms with E-state index in [4.69, 9.17) is 9.97 Å². The van der Waals surface area contributed by atoms with E-state index in [0.717, 1.165) is 50.5 Å². The van der Waals surface area contributed by atoms with E-state index in [1.165, 1.54) is 24.1 Å². The van der Waals surface area contributed by atoms with Gasteiger partial charge in [-0.3, -0.25) is 0 Å². The predicted octanol–water partition coefficient (Wildman–Crippen LogP) is 1.46. The fraction of sp³-hybridized carbons (Fsp3) is 0.700. The Bertz CT molecular complexity index is 837. The number of aryl methyl sites for hydroxylation is 1. The van der Waals surface area contributed by atoms with Gasteiger partial charge in [-0.05, 0) is 50.4 Å². The molecule has 3 heterocycles. The molecule has 1 saturated carbocycles. The van der Waals surface area contributed by atoms with Crippen LogP contribution in [-0.2, 0) is 12.8 Å². The van der Waals surface area contributed by atoms with Gasteiger partial charge in [0.2, 0.25) is 5.95 Å². The SMILES string of the molecule is CN(C)c1nc2c(c(N3C[C@H]4C[C@@H](n5cncn5)[C@H](O)C[C@H]4C3)n1)CCCC2. The first kappa shape index (κ1) is 17.8. The zero-order valence-electron chi connectivity index (χ0n) is 16.7. The molecule has 2 fully saturated rings. The summed E-state index contributed by atoms with van der Waals surface area (Å²) in [6.45, 7) is 1.97. The van der Waals surface area contributed by atoms with Gasteiger partial charge in [0, 0.05) is 32.7 Å². The van der Waals surface area contributed by atoms with Gasteiger partial charge in [0.05, 0.1) is 17.8 Å². The number of rotatable bonds is 3. The van der Waals surface area contributed by atoms with E-state index >= 15 is 0 Å². The summed E-state index contributed by atoms with van der Waals surface area (Å²) < 4.78 is 1.83. The molecule has 0 radical (unpaired) electrons. The van der Waals surface area contributed by atoms with Crippen LogP contribution >= 0.6 is 0 Å². The second kappa shape index (κ2) is 6.99. The lowest BCUT2D eigenvalue weighted by atomic mass is 9.77. The molecule has 1 aliphatic heterocycles. The number of hydrogen-bond donors (Lipinski definition) is 1. The molecule has 1 saturated heterocycles. The zero-order valence-corrected chi connectivity index (χ0v) is 16.7. The minimum absolute atomic E-state index is 0.0281. The van der Waals surface area contributed by atoms with Crippen molar-refractivity contribution in [3.05, 3.63) is 23.9 Å². The quantitative estimate of drug-likeness (QED) is 0.859. The molecule has 0 aromatic carbocycles. The monoisotopic (exact) mass is 383 g/mol. The highest BCUT2D eigenvalue weighted by molar-refractivity contribution is 5.55. The van der Waals surface area contributed by atoms with Gasteiger partial charge in [0.1, 0.15) is 18.5 Å². The van der Waals surface area contributed by atoms with Crippen LogP contribution in [0.1, 0.15) is 43.0 Å². The lowest BCUT2D eigenvalue weighted by Crippen LogP contribution is -2.36. The Labute approximate surface area is 165 Å². The van der Waals surface area contributed by atoms with Crippen LogP contribution < -0.4 is 9.80 Å². The van der Waals surface area contributed by atoms with Gasteiger partial charge in [-0.1, -0.05) is 0 Å². The van der Waals surface area contributed by atoms with Gasteiger partial charge >= 0.3 is 0 Å². The molecular weight excluding hydrogens is 354 g/mol. The maximum Gasteiger partial charge on any atom is 0.227 e. The fourth-order valence-electron chi connectivity index (χ4n) is 5.28. The summed E-state index contributed by atoms with van der Waals surface area (Å²) in [7, 11) is 4.02. The van der Waals surface area contributed by atoms with Crippen molar-refractivity contribution in [3.8, 4) is 0 Å². The highest BCUT2D eigenvalue weighted by atomic mass is 16.3. The second-order valence-corrected chi connectivity index (χ2v) is 8.78. The normalized spacial score (nSPS) is 29.5. The highest BCUT2D eigenvalue weighted by Gasteiger charge is 2.43. The molecule has 8 nitrogen and oxygen atoms in total. The third kappa shape index (κ3) is 3.03. The molecule has 0 unspecified atom stereocenters. The molecular formula is C20H29N7O. The van der Waals surface area contributed by atoms with Gasteiger partial charge in [-0.25, -0.2) is 14.6 Å². The molecule has 2 aliphatic carbocycles. The molecule has 0 amide bonds. The average Bonchev–Trinajstić information content (AvgIpc) is 3.35. The van der Waals surface area contributed by atoms with Crippen molar-refractivity contribution in [2.75, 3.05) is 37.0 Å². The van der Waals surface area contributed by atoms with Gasteiger partial charge in [0.25, 0.3) is 0 Å². The molecule has 2 aromatic rings. The molecule has 8 heteroatoms. The van der Waals surface area contributed by atoms with Crippen molar-refractivity contribution in [3.63, 3.8) is 0 Å². The van der Waals surface area contributed by atoms with E-state index in [1.807, 2.05) is 23.7 Å². The Kier molecular flexibility index (Phi) is 4.45. The lowest BCUT2D eigenvalue weighted by molar-refractivity contribution is 0.0305. The Hall–Kier alpha value is -2.22. The van der Waals surface area contributed by atoms with Crippen LogP contribution in [0, 0.1) is 11.8 Å². The molecule has 3 aliphatic rings. The summed E-state index contributed by atoms with van der Waals surface area (Å²) in [6, 6.07) is 0.0281. The van der Waals surface area contributed by atoms with Crippen LogP contribution in [0.15, 0.2) is 12.7 Å². The smallest absolute Gasteiger partial charge is 0.227 e. The Balaban J connectivity index is 1.42.